The molecule has 21 heavy (non-hydrogen) atoms. The van der Waals surface area contributed by atoms with Crippen LogP contribution in [0.3, 0.4) is 0 Å². The van der Waals surface area contributed by atoms with Crippen molar-refractivity contribution in [3.05, 3.63) is 23.8 Å². The highest BCUT2D eigenvalue weighted by atomic mass is 16.2. The Kier molecular flexibility index (Phi) is 5.03. The van der Waals surface area contributed by atoms with Gasteiger partial charge in [0.05, 0.1) is 0 Å². The Balaban J connectivity index is 1.79. The Morgan fingerprint density at radius 3 is 2.29 bits per heavy atom. The van der Waals surface area contributed by atoms with Crippen LogP contribution in [-0.4, -0.2) is 36.3 Å². The van der Waals surface area contributed by atoms with Crippen molar-refractivity contribution >= 4 is 23.2 Å². The summed E-state index contributed by atoms with van der Waals surface area (Å²) >= 11 is 0. The van der Waals surface area contributed by atoms with Crippen molar-refractivity contribution in [3.63, 3.8) is 0 Å². The van der Waals surface area contributed by atoms with Crippen molar-refractivity contribution in [3.8, 4) is 0 Å². The zero-order valence-electron chi connectivity index (χ0n) is 12.1. The van der Waals surface area contributed by atoms with Crippen molar-refractivity contribution in [2.45, 2.75) is 25.7 Å². The minimum atomic E-state index is -0.263. The second-order valence-corrected chi connectivity index (χ2v) is 5.34. The van der Waals surface area contributed by atoms with E-state index in [0.29, 0.717) is 29.9 Å². The Hall–Kier alpha value is -2.24. The first-order valence-corrected chi connectivity index (χ1v) is 7.28. The number of hydrogen-bond acceptors (Lipinski definition) is 4. The summed E-state index contributed by atoms with van der Waals surface area (Å²) in [5, 5.41) is 2.73. The molecule has 1 aromatic carbocycles. The number of piperidine rings is 1. The van der Waals surface area contributed by atoms with E-state index in [2.05, 4.69) is 5.32 Å². The molecule has 6 heteroatoms. The third-order valence-corrected chi connectivity index (χ3v) is 3.57. The van der Waals surface area contributed by atoms with E-state index < -0.39 is 0 Å². The van der Waals surface area contributed by atoms with Gasteiger partial charge in [-0.15, -0.1) is 0 Å². The second kappa shape index (κ2) is 6.97. The van der Waals surface area contributed by atoms with E-state index in [0.717, 1.165) is 25.9 Å². The molecule has 0 atom stereocenters. The molecule has 1 heterocycles. The van der Waals surface area contributed by atoms with E-state index in [1.54, 1.807) is 18.2 Å². The number of anilines is 2. The lowest BCUT2D eigenvalue weighted by atomic mass is 10.1. The zero-order chi connectivity index (χ0) is 15.2. The maximum Gasteiger partial charge on any atom is 0.251 e. The van der Waals surface area contributed by atoms with E-state index in [4.69, 9.17) is 11.5 Å². The van der Waals surface area contributed by atoms with Crippen LogP contribution in [0.4, 0.5) is 11.4 Å². The number of likely N-dealkylation sites (tertiary alicyclic amines) is 1. The van der Waals surface area contributed by atoms with E-state index in [1.165, 1.54) is 6.42 Å². The van der Waals surface area contributed by atoms with E-state index in [1.807, 2.05) is 4.90 Å². The van der Waals surface area contributed by atoms with Crippen molar-refractivity contribution in [2.24, 2.45) is 0 Å². The number of hydrogen-bond donors (Lipinski definition) is 3. The van der Waals surface area contributed by atoms with Crippen molar-refractivity contribution in [2.75, 3.05) is 31.1 Å². The first kappa shape index (κ1) is 15.2. The first-order chi connectivity index (χ1) is 10.1. The molecular formula is C15H22N4O2. The highest BCUT2D eigenvalue weighted by Gasteiger charge is 2.16. The molecule has 1 saturated heterocycles. The molecule has 2 rings (SSSR count). The first-order valence-electron chi connectivity index (χ1n) is 7.28. The minimum absolute atomic E-state index is 0.0992. The summed E-state index contributed by atoms with van der Waals surface area (Å²) in [5.41, 5.74) is 12.6. The van der Waals surface area contributed by atoms with Crippen LogP contribution in [0.1, 0.15) is 36.0 Å². The van der Waals surface area contributed by atoms with Gasteiger partial charge in [0, 0.05) is 43.0 Å². The molecule has 0 saturated carbocycles. The summed E-state index contributed by atoms with van der Waals surface area (Å²) in [6.45, 7) is 1.99. The summed E-state index contributed by atoms with van der Waals surface area (Å²) in [5.74, 6) is -0.164. The van der Waals surface area contributed by atoms with Gasteiger partial charge in [-0.2, -0.15) is 0 Å². The highest BCUT2D eigenvalue weighted by Crippen LogP contribution is 2.13. The third-order valence-electron chi connectivity index (χ3n) is 3.57. The van der Waals surface area contributed by atoms with Crippen LogP contribution in [0.15, 0.2) is 18.2 Å². The van der Waals surface area contributed by atoms with Gasteiger partial charge in [0.15, 0.2) is 0 Å². The lowest BCUT2D eigenvalue weighted by Gasteiger charge is -2.26. The summed E-state index contributed by atoms with van der Waals surface area (Å²) in [4.78, 5) is 25.8. The molecule has 1 fully saturated rings. The predicted molar refractivity (Wildman–Crippen MR) is 82.6 cm³/mol. The van der Waals surface area contributed by atoms with Crippen molar-refractivity contribution < 1.29 is 9.59 Å². The van der Waals surface area contributed by atoms with Gasteiger partial charge in [0.2, 0.25) is 5.91 Å². The Morgan fingerprint density at radius 1 is 1.05 bits per heavy atom. The fraction of sp³-hybridized carbons (Fsp3) is 0.467. The number of carbonyl (C=O) groups excluding carboxylic acids is 2. The molecule has 1 aliphatic rings. The number of nitrogen functional groups attached to an aromatic ring is 2. The molecule has 1 aliphatic heterocycles. The van der Waals surface area contributed by atoms with Gasteiger partial charge in [-0.05, 0) is 37.5 Å². The lowest BCUT2D eigenvalue weighted by molar-refractivity contribution is -0.131. The minimum Gasteiger partial charge on any atom is -0.399 e. The van der Waals surface area contributed by atoms with Crippen LogP contribution in [-0.2, 0) is 4.79 Å². The van der Waals surface area contributed by atoms with Crippen LogP contribution < -0.4 is 16.8 Å². The standard InChI is InChI=1S/C15H22N4O2/c16-12-8-11(9-13(17)10-12)15(21)18-5-4-14(20)19-6-2-1-3-7-19/h8-10H,1-7,16-17H2,(H,18,21). The zero-order valence-corrected chi connectivity index (χ0v) is 12.1. The van der Waals surface area contributed by atoms with Crippen LogP contribution in [0.25, 0.3) is 0 Å². The van der Waals surface area contributed by atoms with E-state index in [-0.39, 0.29) is 11.8 Å². The normalized spacial score (nSPS) is 14.8. The van der Waals surface area contributed by atoms with Gasteiger partial charge >= 0.3 is 0 Å². The molecule has 0 unspecified atom stereocenters. The molecule has 2 amide bonds. The average molecular weight is 290 g/mol. The molecular weight excluding hydrogens is 268 g/mol. The van der Waals surface area contributed by atoms with Gasteiger partial charge < -0.3 is 21.7 Å². The quantitative estimate of drug-likeness (QED) is 0.719. The fourth-order valence-corrected chi connectivity index (χ4v) is 2.49. The molecule has 6 nitrogen and oxygen atoms in total. The molecule has 0 bridgehead atoms. The summed E-state index contributed by atoms with van der Waals surface area (Å²) in [6, 6.07) is 4.73. The molecule has 114 valence electrons. The number of nitrogens with one attached hydrogen (secondary N) is 1. The van der Waals surface area contributed by atoms with Crippen LogP contribution >= 0.6 is 0 Å². The maximum atomic E-state index is 12.0. The van der Waals surface area contributed by atoms with Crippen LogP contribution in [0.5, 0.6) is 0 Å². The fourth-order valence-electron chi connectivity index (χ4n) is 2.49. The highest BCUT2D eigenvalue weighted by molar-refractivity contribution is 5.96. The third kappa shape index (κ3) is 4.37. The monoisotopic (exact) mass is 290 g/mol. The number of amides is 2. The molecule has 0 aliphatic carbocycles. The van der Waals surface area contributed by atoms with Gasteiger partial charge in [0.1, 0.15) is 0 Å². The number of rotatable bonds is 4. The van der Waals surface area contributed by atoms with Crippen LogP contribution in [0, 0.1) is 0 Å². The molecule has 0 spiro atoms. The van der Waals surface area contributed by atoms with E-state index in [9.17, 15) is 9.59 Å². The SMILES string of the molecule is Nc1cc(N)cc(C(=O)NCCC(=O)N2CCCCC2)c1. The lowest BCUT2D eigenvalue weighted by Crippen LogP contribution is -2.37. The summed E-state index contributed by atoms with van der Waals surface area (Å²) in [7, 11) is 0. The Bertz CT molecular complexity index is 504. The van der Waals surface area contributed by atoms with Gasteiger partial charge in [-0.3, -0.25) is 9.59 Å². The average Bonchev–Trinajstić information content (AvgIpc) is 2.47. The van der Waals surface area contributed by atoms with Gasteiger partial charge in [-0.1, -0.05) is 0 Å². The number of benzene rings is 1. The molecule has 0 radical (unpaired) electrons. The number of nitrogens with zero attached hydrogens (tertiary/aromatic N) is 1. The Labute approximate surface area is 124 Å². The van der Waals surface area contributed by atoms with Gasteiger partial charge in [0.25, 0.3) is 5.91 Å². The summed E-state index contributed by atoms with van der Waals surface area (Å²) in [6.07, 6.45) is 3.66. The van der Waals surface area contributed by atoms with Crippen molar-refractivity contribution in [1.82, 2.24) is 10.2 Å². The van der Waals surface area contributed by atoms with Crippen LogP contribution in [0.2, 0.25) is 0 Å². The number of carbonyl (C=O) groups is 2. The maximum absolute atomic E-state index is 12.0. The van der Waals surface area contributed by atoms with Crippen molar-refractivity contribution in [1.29, 1.82) is 0 Å². The predicted octanol–water partition coefficient (Wildman–Crippen LogP) is 0.983. The van der Waals surface area contributed by atoms with Gasteiger partial charge in [-0.25, -0.2) is 0 Å². The topological polar surface area (TPSA) is 101 Å². The smallest absolute Gasteiger partial charge is 0.251 e. The largest absolute Gasteiger partial charge is 0.399 e. The molecule has 5 N–H and O–H groups in total. The number of nitrogens with two attached hydrogens (primary N) is 2. The molecule has 1 aromatic rings. The summed E-state index contributed by atoms with van der Waals surface area (Å²) < 4.78 is 0. The Morgan fingerprint density at radius 2 is 1.67 bits per heavy atom. The molecule has 0 aromatic heterocycles. The van der Waals surface area contributed by atoms with E-state index >= 15 is 0 Å². The second-order valence-electron chi connectivity index (χ2n) is 5.34.